The molecule has 1 amide bonds. The van der Waals surface area contributed by atoms with E-state index in [1.807, 2.05) is 18.2 Å². The van der Waals surface area contributed by atoms with Crippen LogP contribution in [-0.2, 0) is 9.47 Å². The second-order valence-electron chi connectivity index (χ2n) is 5.24. The molecule has 1 saturated heterocycles. The minimum absolute atomic E-state index is 0.0726. The van der Waals surface area contributed by atoms with E-state index in [4.69, 9.17) is 9.47 Å². The van der Waals surface area contributed by atoms with E-state index in [9.17, 15) is 4.79 Å². The Morgan fingerprint density at radius 3 is 3.09 bits per heavy atom. The number of aromatic nitrogens is 2. The van der Waals surface area contributed by atoms with Crippen molar-refractivity contribution >= 4 is 16.8 Å². The lowest BCUT2D eigenvalue weighted by Crippen LogP contribution is -2.43. The highest BCUT2D eigenvalue weighted by molar-refractivity contribution is 6.03. The highest BCUT2D eigenvalue weighted by atomic mass is 16.5. The van der Waals surface area contributed by atoms with E-state index >= 15 is 0 Å². The molecule has 0 bridgehead atoms. The van der Waals surface area contributed by atoms with Gasteiger partial charge in [-0.3, -0.25) is 9.78 Å². The number of methoxy groups -OCH3 is 1. The second kappa shape index (κ2) is 6.81. The normalized spacial score (nSPS) is 17.8. The van der Waals surface area contributed by atoms with Gasteiger partial charge in [0, 0.05) is 38.0 Å². The summed E-state index contributed by atoms with van der Waals surface area (Å²) in [6.07, 6.45) is 4.17. The smallest absolute Gasteiger partial charge is 0.275 e. The predicted molar refractivity (Wildman–Crippen MR) is 81.7 cm³/mol. The topological polar surface area (TPSA) is 64.5 Å². The van der Waals surface area contributed by atoms with Crippen LogP contribution in [0, 0.1) is 0 Å². The minimum atomic E-state index is -0.114. The summed E-state index contributed by atoms with van der Waals surface area (Å²) in [6, 6.07) is 5.71. The van der Waals surface area contributed by atoms with Gasteiger partial charge in [-0.25, -0.2) is 4.98 Å². The zero-order valence-corrected chi connectivity index (χ0v) is 12.6. The van der Waals surface area contributed by atoms with Crippen LogP contribution < -0.4 is 0 Å². The van der Waals surface area contributed by atoms with E-state index in [-0.39, 0.29) is 11.9 Å². The van der Waals surface area contributed by atoms with Crippen LogP contribution in [-0.4, -0.2) is 60.3 Å². The molecule has 2 aromatic heterocycles. The Hall–Kier alpha value is -2.05. The van der Waals surface area contributed by atoms with Crippen molar-refractivity contribution in [3.8, 4) is 0 Å². The van der Waals surface area contributed by atoms with Gasteiger partial charge in [0.25, 0.3) is 5.91 Å². The molecule has 0 aromatic carbocycles. The van der Waals surface area contributed by atoms with Gasteiger partial charge >= 0.3 is 0 Å². The highest BCUT2D eigenvalue weighted by Gasteiger charge is 2.29. The average molecular weight is 301 g/mol. The number of fused-ring (bicyclic) bond motifs is 1. The molecule has 0 radical (unpaired) electrons. The van der Waals surface area contributed by atoms with E-state index in [2.05, 4.69) is 9.97 Å². The van der Waals surface area contributed by atoms with Gasteiger partial charge in [0.15, 0.2) is 5.69 Å². The third-order valence-corrected chi connectivity index (χ3v) is 3.87. The summed E-state index contributed by atoms with van der Waals surface area (Å²) in [5.74, 6) is -0.114. The number of hydrogen-bond donors (Lipinski definition) is 0. The van der Waals surface area contributed by atoms with Crippen molar-refractivity contribution in [2.45, 2.75) is 12.5 Å². The average Bonchev–Trinajstić information content (AvgIpc) is 3.09. The molecular formula is C16H19N3O3. The first-order valence-corrected chi connectivity index (χ1v) is 7.38. The molecule has 1 aliphatic heterocycles. The number of amides is 1. The molecule has 1 atom stereocenters. The minimum Gasteiger partial charge on any atom is -0.383 e. The molecule has 1 aliphatic rings. The molecule has 6 heteroatoms. The van der Waals surface area contributed by atoms with Gasteiger partial charge in [-0.15, -0.1) is 0 Å². The second-order valence-corrected chi connectivity index (χ2v) is 5.24. The molecule has 116 valence electrons. The Morgan fingerprint density at radius 1 is 1.41 bits per heavy atom. The molecule has 0 aliphatic carbocycles. The Balaban J connectivity index is 1.94. The summed E-state index contributed by atoms with van der Waals surface area (Å²) in [5.41, 5.74) is 1.03. The third-order valence-electron chi connectivity index (χ3n) is 3.87. The number of rotatable bonds is 5. The van der Waals surface area contributed by atoms with Gasteiger partial charge in [-0.05, 0) is 18.6 Å². The maximum atomic E-state index is 13.0. The van der Waals surface area contributed by atoms with Crippen LogP contribution in [0.2, 0.25) is 0 Å². The summed E-state index contributed by atoms with van der Waals surface area (Å²) in [5, 5.41) is 0.912. The summed E-state index contributed by atoms with van der Waals surface area (Å²) >= 11 is 0. The Morgan fingerprint density at radius 2 is 2.32 bits per heavy atom. The van der Waals surface area contributed by atoms with Crippen LogP contribution in [0.15, 0.2) is 30.6 Å². The first kappa shape index (κ1) is 14.9. The van der Waals surface area contributed by atoms with Crippen molar-refractivity contribution in [3.05, 3.63) is 36.3 Å². The van der Waals surface area contributed by atoms with Gasteiger partial charge < -0.3 is 14.4 Å². The molecule has 2 aromatic rings. The monoisotopic (exact) mass is 301 g/mol. The van der Waals surface area contributed by atoms with Crippen LogP contribution >= 0.6 is 0 Å². The fourth-order valence-corrected chi connectivity index (χ4v) is 2.70. The summed E-state index contributed by atoms with van der Waals surface area (Å²) < 4.78 is 10.6. The molecule has 0 saturated carbocycles. The van der Waals surface area contributed by atoms with Crippen molar-refractivity contribution in [3.63, 3.8) is 0 Å². The van der Waals surface area contributed by atoms with E-state index in [1.54, 1.807) is 24.4 Å². The Kier molecular flexibility index (Phi) is 4.60. The predicted octanol–water partition coefficient (Wildman–Crippen LogP) is 1.51. The van der Waals surface area contributed by atoms with Crippen LogP contribution in [0.1, 0.15) is 16.9 Å². The lowest BCUT2D eigenvalue weighted by atomic mass is 10.1. The van der Waals surface area contributed by atoms with Gasteiger partial charge in [-0.2, -0.15) is 0 Å². The standard InChI is InChI=1S/C16H19N3O3/c1-21-10-8-19(13-5-9-22-11-13)16(20)15-14-12(4-7-18-15)3-2-6-17-14/h2-4,6-7,13H,5,8-11H2,1H3/t13-/m0/s1. The Labute approximate surface area is 129 Å². The zero-order chi connectivity index (χ0) is 15.4. The van der Waals surface area contributed by atoms with Crippen LogP contribution in [0.3, 0.4) is 0 Å². The molecule has 3 heterocycles. The van der Waals surface area contributed by atoms with E-state index in [0.717, 1.165) is 11.8 Å². The number of nitrogens with zero attached hydrogens (tertiary/aromatic N) is 3. The molecule has 0 spiro atoms. The molecule has 3 rings (SSSR count). The number of carbonyl (C=O) groups is 1. The number of hydrogen-bond acceptors (Lipinski definition) is 5. The maximum absolute atomic E-state index is 13.0. The van der Waals surface area contributed by atoms with Gasteiger partial charge in [0.05, 0.1) is 19.3 Å². The molecule has 0 N–H and O–H groups in total. The van der Waals surface area contributed by atoms with Gasteiger partial charge in [0.1, 0.15) is 5.52 Å². The lowest BCUT2D eigenvalue weighted by Gasteiger charge is -2.27. The third kappa shape index (κ3) is 2.93. The largest absolute Gasteiger partial charge is 0.383 e. The fraction of sp³-hybridized carbons (Fsp3) is 0.438. The van der Waals surface area contributed by atoms with E-state index in [0.29, 0.717) is 37.6 Å². The van der Waals surface area contributed by atoms with Crippen molar-refractivity contribution < 1.29 is 14.3 Å². The summed E-state index contributed by atoms with van der Waals surface area (Å²) in [7, 11) is 1.63. The van der Waals surface area contributed by atoms with Crippen molar-refractivity contribution in [1.29, 1.82) is 0 Å². The lowest BCUT2D eigenvalue weighted by molar-refractivity contribution is 0.0572. The van der Waals surface area contributed by atoms with E-state index in [1.165, 1.54) is 0 Å². The van der Waals surface area contributed by atoms with Gasteiger partial charge in [-0.1, -0.05) is 6.07 Å². The maximum Gasteiger partial charge on any atom is 0.275 e. The van der Waals surface area contributed by atoms with Crippen molar-refractivity contribution in [1.82, 2.24) is 14.9 Å². The quantitative estimate of drug-likeness (QED) is 0.837. The van der Waals surface area contributed by atoms with Crippen LogP contribution in [0.4, 0.5) is 0 Å². The molecule has 1 fully saturated rings. The van der Waals surface area contributed by atoms with Gasteiger partial charge in [0.2, 0.25) is 0 Å². The molecule has 6 nitrogen and oxygen atoms in total. The van der Waals surface area contributed by atoms with E-state index < -0.39 is 0 Å². The first-order chi connectivity index (χ1) is 10.8. The fourth-order valence-electron chi connectivity index (χ4n) is 2.70. The SMILES string of the molecule is COCCN(C(=O)c1nccc2cccnc12)[C@H]1CCOC1. The van der Waals surface area contributed by atoms with Crippen molar-refractivity contribution in [2.24, 2.45) is 0 Å². The molecule has 0 unspecified atom stereocenters. The Bertz CT molecular complexity index is 651. The molecular weight excluding hydrogens is 282 g/mol. The van der Waals surface area contributed by atoms with Crippen LogP contribution in [0.5, 0.6) is 0 Å². The zero-order valence-electron chi connectivity index (χ0n) is 12.6. The number of ether oxygens (including phenoxy) is 2. The summed E-state index contributed by atoms with van der Waals surface area (Å²) in [4.78, 5) is 23.4. The molecule has 22 heavy (non-hydrogen) atoms. The first-order valence-electron chi connectivity index (χ1n) is 7.38. The number of carbonyl (C=O) groups excluding carboxylic acids is 1. The van der Waals surface area contributed by atoms with Crippen LogP contribution in [0.25, 0.3) is 10.9 Å². The number of pyridine rings is 2. The van der Waals surface area contributed by atoms with Crippen molar-refractivity contribution in [2.75, 3.05) is 33.5 Å². The highest BCUT2D eigenvalue weighted by Crippen LogP contribution is 2.19. The summed E-state index contributed by atoms with van der Waals surface area (Å²) in [6.45, 7) is 2.25.